The molecule has 2 aromatic heterocycles. The predicted molar refractivity (Wildman–Crippen MR) is 82.9 cm³/mol. The number of rotatable bonds is 4. The first-order valence-corrected chi connectivity index (χ1v) is 7.89. The quantitative estimate of drug-likeness (QED) is 0.859. The summed E-state index contributed by atoms with van der Waals surface area (Å²) in [5, 5.41) is 0. The zero-order chi connectivity index (χ0) is 14.3. The molecule has 2 atom stereocenters. The van der Waals surface area contributed by atoms with Gasteiger partial charge in [0.2, 0.25) is 0 Å². The van der Waals surface area contributed by atoms with Gasteiger partial charge < -0.3 is 4.57 Å². The Balaban J connectivity index is 1.56. The van der Waals surface area contributed by atoms with Crippen molar-refractivity contribution in [3.63, 3.8) is 0 Å². The summed E-state index contributed by atoms with van der Waals surface area (Å²) < 4.78 is 1.87. The molecule has 0 bridgehead atoms. The van der Waals surface area contributed by atoms with Crippen LogP contribution in [-0.4, -0.2) is 9.55 Å². The van der Waals surface area contributed by atoms with Gasteiger partial charge in [0.1, 0.15) is 0 Å². The number of nitrogens with zero attached hydrogens (tertiary/aromatic N) is 2. The third-order valence-corrected chi connectivity index (χ3v) is 5.38. The van der Waals surface area contributed by atoms with Crippen LogP contribution in [-0.2, 0) is 6.54 Å². The Kier molecular flexibility index (Phi) is 2.95. The Morgan fingerprint density at radius 3 is 2.95 bits per heavy atom. The summed E-state index contributed by atoms with van der Waals surface area (Å²) in [7, 11) is 0. The molecule has 21 heavy (non-hydrogen) atoms. The van der Waals surface area contributed by atoms with Crippen molar-refractivity contribution in [3.05, 3.63) is 53.1 Å². The van der Waals surface area contributed by atoms with E-state index in [-0.39, 0.29) is 5.56 Å². The molecule has 0 N–H and O–H groups in total. The maximum absolute atomic E-state index is 12.1. The van der Waals surface area contributed by atoms with Crippen LogP contribution in [0, 0.1) is 11.3 Å². The van der Waals surface area contributed by atoms with Crippen LogP contribution in [0.5, 0.6) is 0 Å². The number of hydrogen-bond donors (Lipinski definition) is 0. The molecule has 0 aliphatic heterocycles. The number of hydrogen-bond acceptors (Lipinski definition) is 2. The van der Waals surface area contributed by atoms with Gasteiger partial charge in [-0.05, 0) is 55.2 Å². The summed E-state index contributed by atoms with van der Waals surface area (Å²) in [4.78, 5) is 16.4. The summed E-state index contributed by atoms with van der Waals surface area (Å²) >= 11 is 0. The first-order valence-electron chi connectivity index (χ1n) is 7.89. The lowest BCUT2D eigenvalue weighted by molar-refractivity contribution is 0.406. The largest absolute Gasteiger partial charge is 0.315 e. The molecule has 2 heterocycles. The minimum Gasteiger partial charge on any atom is -0.315 e. The fourth-order valence-electron chi connectivity index (χ4n) is 4.01. The Bertz CT molecular complexity index is 707. The lowest BCUT2D eigenvalue weighted by Crippen LogP contribution is -2.20. The van der Waals surface area contributed by atoms with E-state index in [2.05, 4.69) is 4.98 Å². The van der Waals surface area contributed by atoms with Crippen molar-refractivity contribution in [1.29, 1.82) is 0 Å². The van der Waals surface area contributed by atoms with Crippen LogP contribution in [0.2, 0.25) is 0 Å². The van der Waals surface area contributed by atoms with Crippen molar-refractivity contribution < 1.29 is 0 Å². The van der Waals surface area contributed by atoms with Crippen molar-refractivity contribution in [2.45, 2.75) is 38.6 Å². The number of aryl methyl sites for hydroxylation is 1. The molecule has 0 aromatic carbocycles. The highest BCUT2D eigenvalue weighted by Crippen LogP contribution is 2.65. The van der Waals surface area contributed by atoms with Crippen molar-refractivity contribution in [2.24, 2.45) is 11.3 Å². The average Bonchev–Trinajstić information content (AvgIpc) is 3.08. The molecule has 0 spiro atoms. The van der Waals surface area contributed by atoms with Crippen LogP contribution in [0.25, 0.3) is 11.3 Å². The van der Waals surface area contributed by atoms with Crippen molar-refractivity contribution in [3.8, 4) is 11.3 Å². The normalized spacial score (nSPS) is 26.6. The Morgan fingerprint density at radius 1 is 1.29 bits per heavy atom. The first kappa shape index (κ1) is 12.8. The van der Waals surface area contributed by atoms with Gasteiger partial charge in [0.25, 0.3) is 5.56 Å². The molecule has 3 nitrogen and oxygen atoms in total. The maximum atomic E-state index is 12.1. The molecule has 0 radical (unpaired) electrons. The van der Waals surface area contributed by atoms with Gasteiger partial charge in [-0.2, -0.15) is 0 Å². The molecule has 0 unspecified atom stereocenters. The average molecular weight is 280 g/mol. The second kappa shape index (κ2) is 4.83. The number of pyridine rings is 2. The summed E-state index contributed by atoms with van der Waals surface area (Å²) in [6.45, 7) is 0.843. The van der Waals surface area contributed by atoms with Gasteiger partial charge in [0.05, 0.1) is 5.69 Å². The van der Waals surface area contributed by atoms with Gasteiger partial charge in [0.15, 0.2) is 0 Å². The van der Waals surface area contributed by atoms with E-state index in [1.165, 1.54) is 25.7 Å². The second-order valence-corrected chi connectivity index (χ2v) is 6.57. The molecule has 108 valence electrons. The molecule has 2 aliphatic rings. The highest BCUT2D eigenvalue weighted by atomic mass is 16.1. The Morgan fingerprint density at radius 2 is 2.24 bits per heavy atom. The van der Waals surface area contributed by atoms with Crippen molar-refractivity contribution in [2.75, 3.05) is 0 Å². The molecule has 4 rings (SSSR count). The van der Waals surface area contributed by atoms with E-state index >= 15 is 0 Å². The molecule has 2 aliphatic carbocycles. The molecule has 0 amide bonds. The van der Waals surface area contributed by atoms with Crippen molar-refractivity contribution >= 4 is 0 Å². The molecule has 3 heteroatoms. The summed E-state index contributed by atoms with van der Waals surface area (Å²) in [5.41, 5.74) is 2.63. The minimum absolute atomic E-state index is 0.0984. The lowest BCUT2D eigenvalue weighted by Gasteiger charge is -2.13. The maximum Gasteiger partial charge on any atom is 0.250 e. The molecule has 0 saturated heterocycles. The molecule has 2 aromatic rings. The summed E-state index contributed by atoms with van der Waals surface area (Å²) in [6, 6.07) is 9.41. The van der Waals surface area contributed by atoms with Gasteiger partial charge in [0, 0.05) is 30.6 Å². The first-order chi connectivity index (χ1) is 10.3. The third kappa shape index (κ3) is 2.31. The minimum atomic E-state index is 0.0984. The van der Waals surface area contributed by atoms with Gasteiger partial charge >= 0.3 is 0 Å². The summed E-state index contributed by atoms with van der Waals surface area (Å²) in [6.07, 6.45) is 10.5. The van der Waals surface area contributed by atoms with Crippen LogP contribution in [0.15, 0.2) is 47.5 Å². The molecule has 2 saturated carbocycles. The van der Waals surface area contributed by atoms with E-state index in [0.717, 1.165) is 30.1 Å². The SMILES string of the molecule is O=c1ccc(-c2ccccn2)cn1CC[C@@]12CCC[C@@H]1C2. The van der Waals surface area contributed by atoms with Gasteiger partial charge in [-0.25, -0.2) is 0 Å². The topological polar surface area (TPSA) is 34.9 Å². The van der Waals surface area contributed by atoms with E-state index in [4.69, 9.17) is 0 Å². The number of aromatic nitrogens is 2. The smallest absolute Gasteiger partial charge is 0.250 e. The molecular formula is C18H20N2O. The highest BCUT2D eigenvalue weighted by Gasteiger charge is 2.55. The van der Waals surface area contributed by atoms with E-state index in [9.17, 15) is 4.79 Å². The zero-order valence-corrected chi connectivity index (χ0v) is 12.2. The fourth-order valence-corrected chi connectivity index (χ4v) is 4.01. The van der Waals surface area contributed by atoms with Crippen LogP contribution in [0.1, 0.15) is 32.1 Å². The fraction of sp³-hybridized carbons (Fsp3) is 0.444. The standard InChI is InChI=1S/C18H20N2O/c21-17-7-6-14(16-5-1-2-10-19-16)13-20(17)11-9-18-8-3-4-15(18)12-18/h1-2,5-7,10,13,15H,3-4,8-9,11-12H2/t15-,18-/m1/s1. The number of fused-ring (bicyclic) bond motifs is 1. The lowest BCUT2D eigenvalue weighted by atomic mass is 9.99. The van der Waals surface area contributed by atoms with Crippen LogP contribution < -0.4 is 5.56 Å². The molecule has 2 fully saturated rings. The highest BCUT2D eigenvalue weighted by molar-refractivity contribution is 5.57. The van der Waals surface area contributed by atoms with E-state index < -0.39 is 0 Å². The van der Waals surface area contributed by atoms with Crippen LogP contribution >= 0.6 is 0 Å². The van der Waals surface area contributed by atoms with Crippen LogP contribution in [0.3, 0.4) is 0 Å². The zero-order valence-electron chi connectivity index (χ0n) is 12.2. The van der Waals surface area contributed by atoms with Gasteiger partial charge in [-0.3, -0.25) is 9.78 Å². The third-order valence-electron chi connectivity index (χ3n) is 5.38. The van der Waals surface area contributed by atoms with Crippen LogP contribution in [0.4, 0.5) is 0 Å². The Labute approximate surface area is 124 Å². The second-order valence-electron chi connectivity index (χ2n) is 6.57. The van der Waals surface area contributed by atoms with Gasteiger partial charge in [-0.15, -0.1) is 0 Å². The van der Waals surface area contributed by atoms with Gasteiger partial charge in [-0.1, -0.05) is 12.5 Å². The summed E-state index contributed by atoms with van der Waals surface area (Å²) in [5.74, 6) is 0.951. The van der Waals surface area contributed by atoms with E-state index in [1.807, 2.05) is 35.0 Å². The molecular weight excluding hydrogens is 260 g/mol. The van der Waals surface area contributed by atoms with E-state index in [0.29, 0.717) is 5.41 Å². The predicted octanol–water partition coefficient (Wildman–Crippen LogP) is 3.49. The van der Waals surface area contributed by atoms with E-state index in [1.54, 1.807) is 12.3 Å². The van der Waals surface area contributed by atoms with Crippen molar-refractivity contribution in [1.82, 2.24) is 9.55 Å². The monoisotopic (exact) mass is 280 g/mol. The Hall–Kier alpha value is -1.90.